The lowest BCUT2D eigenvalue weighted by atomic mass is 9.83. The number of carbonyl (C=O) groups excluding carboxylic acids is 1. The lowest BCUT2D eigenvalue weighted by Gasteiger charge is -2.29. The minimum atomic E-state index is -0.310. The van der Waals surface area contributed by atoms with Crippen molar-refractivity contribution in [1.82, 2.24) is 5.32 Å². The molecule has 2 N–H and O–H groups in total. The van der Waals surface area contributed by atoms with Crippen LogP contribution in [-0.2, 0) is 0 Å². The predicted octanol–water partition coefficient (Wildman–Crippen LogP) is 3.52. The van der Waals surface area contributed by atoms with Gasteiger partial charge in [0.25, 0.3) is 5.91 Å². The molecule has 0 spiro atoms. The van der Waals surface area contributed by atoms with Gasteiger partial charge >= 0.3 is 0 Å². The largest absolute Gasteiger partial charge is 0.396 e. The van der Waals surface area contributed by atoms with Gasteiger partial charge in [0.15, 0.2) is 0 Å². The minimum absolute atomic E-state index is 0.0382. The van der Waals surface area contributed by atoms with E-state index < -0.39 is 0 Å². The van der Waals surface area contributed by atoms with Gasteiger partial charge in [-0.05, 0) is 25.0 Å². The summed E-state index contributed by atoms with van der Waals surface area (Å²) in [5.41, 5.74) is -0.00601. The highest BCUT2D eigenvalue weighted by Crippen LogP contribution is 2.26. The van der Waals surface area contributed by atoms with Gasteiger partial charge in [0.1, 0.15) is 0 Å². The second-order valence-electron chi connectivity index (χ2n) is 4.64. The molecule has 0 aliphatic heterocycles. The zero-order chi connectivity index (χ0) is 14.5. The van der Waals surface area contributed by atoms with Crippen LogP contribution < -0.4 is 5.32 Å². The molecule has 0 fully saturated rings. The van der Waals surface area contributed by atoms with Crippen molar-refractivity contribution in [2.45, 2.75) is 26.7 Å². The molecular formula is C14H19Cl2NO2. The van der Waals surface area contributed by atoms with E-state index in [4.69, 9.17) is 23.2 Å². The molecule has 106 valence electrons. The second-order valence-corrected chi connectivity index (χ2v) is 5.46. The van der Waals surface area contributed by atoms with Crippen molar-refractivity contribution in [1.29, 1.82) is 0 Å². The fourth-order valence-electron chi connectivity index (χ4n) is 1.85. The van der Waals surface area contributed by atoms with Gasteiger partial charge in [-0.3, -0.25) is 4.79 Å². The van der Waals surface area contributed by atoms with Crippen LogP contribution in [0.1, 0.15) is 37.0 Å². The monoisotopic (exact) mass is 303 g/mol. The average molecular weight is 304 g/mol. The van der Waals surface area contributed by atoms with Gasteiger partial charge in [0.2, 0.25) is 0 Å². The van der Waals surface area contributed by atoms with Gasteiger partial charge in [-0.25, -0.2) is 0 Å². The Bertz CT molecular complexity index is 417. The third-order valence-corrected chi connectivity index (χ3v) is 4.28. The van der Waals surface area contributed by atoms with Gasteiger partial charge in [-0.2, -0.15) is 0 Å². The first kappa shape index (κ1) is 16.3. The second kappa shape index (κ2) is 7.13. The number of hydrogen-bond donors (Lipinski definition) is 2. The predicted molar refractivity (Wildman–Crippen MR) is 78.9 cm³/mol. The summed E-state index contributed by atoms with van der Waals surface area (Å²) in [5, 5.41) is 12.9. The first-order valence-corrected chi connectivity index (χ1v) is 7.08. The topological polar surface area (TPSA) is 49.3 Å². The van der Waals surface area contributed by atoms with E-state index in [9.17, 15) is 9.90 Å². The van der Waals surface area contributed by atoms with E-state index >= 15 is 0 Å². The van der Waals surface area contributed by atoms with Crippen molar-refractivity contribution < 1.29 is 9.90 Å². The Hall–Kier alpha value is -0.770. The number of halogens is 2. The number of rotatable bonds is 6. The molecule has 0 heterocycles. The van der Waals surface area contributed by atoms with Crippen LogP contribution in [0.5, 0.6) is 0 Å². The number of carbonyl (C=O) groups is 1. The Labute approximate surface area is 123 Å². The summed E-state index contributed by atoms with van der Waals surface area (Å²) in [6, 6.07) is 4.94. The molecule has 0 aliphatic rings. The first-order chi connectivity index (χ1) is 8.99. The maximum absolute atomic E-state index is 12.1. The van der Waals surface area contributed by atoms with Gasteiger partial charge in [0, 0.05) is 12.0 Å². The zero-order valence-corrected chi connectivity index (χ0v) is 12.7. The number of aliphatic hydroxyl groups is 1. The molecule has 0 saturated heterocycles. The molecule has 0 bridgehead atoms. The third kappa shape index (κ3) is 3.85. The Kier molecular flexibility index (Phi) is 6.11. The first-order valence-electron chi connectivity index (χ1n) is 6.32. The Morgan fingerprint density at radius 1 is 1.26 bits per heavy atom. The lowest BCUT2D eigenvalue weighted by molar-refractivity contribution is 0.0851. The highest BCUT2D eigenvalue weighted by molar-refractivity contribution is 6.39. The molecule has 0 aromatic heterocycles. The summed E-state index contributed by atoms with van der Waals surface area (Å²) in [6.45, 7) is 4.43. The van der Waals surface area contributed by atoms with E-state index in [1.165, 1.54) is 0 Å². The van der Waals surface area contributed by atoms with Gasteiger partial charge in [-0.15, -0.1) is 0 Å². The van der Waals surface area contributed by atoms with Crippen molar-refractivity contribution in [3.05, 3.63) is 33.8 Å². The van der Waals surface area contributed by atoms with E-state index in [2.05, 4.69) is 5.32 Å². The lowest BCUT2D eigenvalue weighted by Crippen LogP contribution is -2.39. The van der Waals surface area contributed by atoms with E-state index in [0.29, 0.717) is 16.6 Å². The molecular weight excluding hydrogens is 285 g/mol. The van der Waals surface area contributed by atoms with E-state index in [-0.39, 0.29) is 23.5 Å². The molecule has 19 heavy (non-hydrogen) atoms. The van der Waals surface area contributed by atoms with Crippen LogP contribution in [0.15, 0.2) is 18.2 Å². The third-order valence-electron chi connectivity index (χ3n) is 3.65. The van der Waals surface area contributed by atoms with Crippen molar-refractivity contribution in [2.24, 2.45) is 5.41 Å². The molecule has 0 saturated carbocycles. The maximum atomic E-state index is 12.1. The number of hydrogen-bond acceptors (Lipinski definition) is 2. The van der Waals surface area contributed by atoms with Gasteiger partial charge in [-0.1, -0.05) is 43.1 Å². The summed E-state index contributed by atoms with van der Waals surface area (Å²) in [4.78, 5) is 12.1. The van der Waals surface area contributed by atoms with Crippen molar-refractivity contribution >= 4 is 29.1 Å². The molecule has 1 aromatic rings. The molecule has 0 radical (unpaired) electrons. The zero-order valence-electron chi connectivity index (χ0n) is 11.2. The number of benzene rings is 1. The van der Waals surface area contributed by atoms with Gasteiger partial charge < -0.3 is 10.4 Å². The molecule has 0 atom stereocenters. The highest BCUT2D eigenvalue weighted by atomic mass is 35.5. The van der Waals surface area contributed by atoms with Gasteiger partial charge in [0.05, 0.1) is 22.2 Å². The summed E-state index contributed by atoms with van der Waals surface area (Å²) < 4.78 is 0. The fraction of sp³-hybridized carbons (Fsp3) is 0.500. The molecule has 3 nitrogen and oxygen atoms in total. The number of aliphatic hydroxyl groups excluding tert-OH is 1. The molecule has 5 heteroatoms. The van der Waals surface area contributed by atoms with Crippen LogP contribution in [0.4, 0.5) is 0 Å². The summed E-state index contributed by atoms with van der Waals surface area (Å²) in [6.07, 6.45) is 1.58. The Balaban J connectivity index is 2.81. The quantitative estimate of drug-likeness (QED) is 0.845. The number of nitrogens with one attached hydrogen (secondary N) is 1. The van der Waals surface area contributed by atoms with E-state index in [1.54, 1.807) is 18.2 Å². The highest BCUT2D eigenvalue weighted by Gasteiger charge is 2.26. The van der Waals surface area contributed by atoms with Crippen LogP contribution in [0.25, 0.3) is 0 Å². The Morgan fingerprint density at radius 2 is 1.79 bits per heavy atom. The smallest absolute Gasteiger partial charge is 0.254 e. The summed E-state index contributed by atoms with van der Waals surface area (Å²) >= 11 is 12.0. The van der Waals surface area contributed by atoms with Crippen LogP contribution in [0, 0.1) is 5.41 Å². The SMILES string of the molecule is CCC(CC)(CO)CNC(=O)c1c(Cl)cccc1Cl. The summed E-state index contributed by atoms with van der Waals surface area (Å²) in [5.74, 6) is -0.310. The molecule has 1 rings (SSSR count). The van der Waals surface area contributed by atoms with E-state index in [0.717, 1.165) is 12.8 Å². The average Bonchev–Trinajstić information content (AvgIpc) is 2.41. The Morgan fingerprint density at radius 3 is 2.21 bits per heavy atom. The summed E-state index contributed by atoms with van der Waals surface area (Å²) in [7, 11) is 0. The standard InChI is InChI=1S/C14H19Cl2NO2/c1-3-14(4-2,9-18)8-17-13(19)12-10(15)6-5-7-11(12)16/h5-7,18H,3-4,8-9H2,1-2H3,(H,17,19). The van der Waals surface area contributed by atoms with Crippen molar-refractivity contribution in [2.75, 3.05) is 13.2 Å². The molecule has 1 amide bonds. The van der Waals surface area contributed by atoms with Crippen LogP contribution in [-0.4, -0.2) is 24.2 Å². The minimum Gasteiger partial charge on any atom is -0.396 e. The molecule has 0 aliphatic carbocycles. The van der Waals surface area contributed by atoms with Crippen LogP contribution >= 0.6 is 23.2 Å². The van der Waals surface area contributed by atoms with E-state index in [1.807, 2.05) is 13.8 Å². The van der Waals surface area contributed by atoms with Crippen molar-refractivity contribution in [3.8, 4) is 0 Å². The fourth-order valence-corrected chi connectivity index (χ4v) is 2.42. The molecule has 1 aromatic carbocycles. The maximum Gasteiger partial charge on any atom is 0.254 e. The normalized spacial score (nSPS) is 11.4. The number of amides is 1. The molecule has 0 unspecified atom stereocenters. The van der Waals surface area contributed by atoms with Crippen LogP contribution in [0.3, 0.4) is 0 Å². The van der Waals surface area contributed by atoms with Crippen LogP contribution in [0.2, 0.25) is 10.0 Å². The van der Waals surface area contributed by atoms with Crippen molar-refractivity contribution in [3.63, 3.8) is 0 Å².